The van der Waals surface area contributed by atoms with Gasteiger partial charge in [0.2, 0.25) is 5.60 Å². The van der Waals surface area contributed by atoms with Gasteiger partial charge in [-0.2, -0.15) is 8.42 Å². The molecule has 1 N–H and O–H groups in total. The minimum absolute atomic E-state index is 0.196. The van der Waals surface area contributed by atoms with Gasteiger partial charge >= 0.3 is 5.97 Å². The lowest BCUT2D eigenvalue weighted by molar-refractivity contribution is -0.154. The van der Waals surface area contributed by atoms with Gasteiger partial charge in [-0.1, -0.05) is 12.1 Å². The van der Waals surface area contributed by atoms with Gasteiger partial charge in [-0.05, 0) is 62.6 Å². The second-order valence-corrected chi connectivity index (χ2v) is 7.88. The van der Waals surface area contributed by atoms with Gasteiger partial charge in [0.05, 0.1) is 12.9 Å². The molecule has 0 aliphatic heterocycles. The van der Waals surface area contributed by atoms with E-state index in [1.165, 1.54) is 0 Å². The molecule has 7 heteroatoms. The van der Waals surface area contributed by atoms with Gasteiger partial charge in [0.25, 0.3) is 10.1 Å². The summed E-state index contributed by atoms with van der Waals surface area (Å²) in [6.07, 6.45) is 6.16. The fourth-order valence-corrected chi connectivity index (χ4v) is 3.32. The second kappa shape index (κ2) is 7.98. The van der Waals surface area contributed by atoms with E-state index in [0.29, 0.717) is 25.0 Å². The number of ether oxygens (including phenoxy) is 1. The second-order valence-electron chi connectivity index (χ2n) is 6.24. The zero-order chi connectivity index (χ0) is 17.6. The number of carboxylic acids is 1. The van der Waals surface area contributed by atoms with Gasteiger partial charge < -0.3 is 9.84 Å². The van der Waals surface area contributed by atoms with Crippen LogP contribution in [0.1, 0.15) is 44.1 Å². The average molecular weight is 356 g/mol. The number of carboxylic acid groups (broad SMARTS) is 1. The molecule has 0 aromatic heterocycles. The summed E-state index contributed by atoms with van der Waals surface area (Å²) >= 11 is 0. The first kappa shape index (κ1) is 18.7. The molecule has 1 aromatic rings. The number of hydrogen-bond acceptors (Lipinski definition) is 5. The molecule has 0 atom stereocenters. The summed E-state index contributed by atoms with van der Waals surface area (Å²) in [5, 5.41) is 9.42. The highest BCUT2D eigenvalue weighted by atomic mass is 32.2. The van der Waals surface area contributed by atoms with Gasteiger partial charge in [-0.25, -0.2) is 4.79 Å². The lowest BCUT2D eigenvalue weighted by atomic mass is 10.0. The fraction of sp³-hybridized carbons (Fsp3) is 0.588. The van der Waals surface area contributed by atoms with Crippen LogP contribution in [0.3, 0.4) is 0 Å². The van der Waals surface area contributed by atoms with E-state index in [2.05, 4.69) is 0 Å². The molecule has 2 rings (SSSR count). The Balaban J connectivity index is 1.81. The van der Waals surface area contributed by atoms with Gasteiger partial charge in [0.15, 0.2) is 0 Å². The van der Waals surface area contributed by atoms with Crippen LogP contribution in [0.15, 0.2) is 24.3 Å². The number of benzene rings is 1. The molecule has 1 fully saturated rings. The normalized spacial score (nSPS) is 16.9. The maximum Gasteiger partial charge on any atom is 0.348 e. The summed E-state index contributed by atoms with van der Waals surface area (Å²) in [5.41, 5.74) is 0.0160. The van der Waals surface area contributed by atoms with E-state index in [1.807, 2.05) is 12.1 Å². The maximum absolute atomic E-state index is 11.5. The molecule has 1 saturated carbocycles. The fourth-order valence-electron chi connectivity index (χ4n) is 2.90. The monoisotopic (exact) mass is 356 g/mol. The molecule has 6 nitrogen and oxygen atoms in total. The standard InChI is InChI=1S/C17H24O6S/c1-24(20,21)22-13-5-2-6-14-7-9-15(10-8-14)23-17(16(18)19)11-3-4-12-17/h7-10H,2-6,11-13H2,1H3,(H,18,19). The molecule has 134 valence electrons. The number of carbonyl (C=O) groups is 1. The van der Waals surface area contributed by atoms with Crippen LogP contribution in [0, 0.1) is 0 Å². The molecule has 0 spiro atoms. The van der Waals surface area contributed by atoms with Crippen LogP contribution in [-0.4, -0.2) is 38.0 Å². The van der Waals surface area contributed by atoms with E-state index >= 15 is 0 Å². The van der Waals surface area contributed by atoms with Crippen LogP contribution in [0.2, 0.25) is 0 Å². The summed E-state index contributed by atoms with van der Waals surface area (Å²) in [5.74, 6) is -0.321. The van der Waals surface area contributed by atoms with Crippen molar-refractivity contribution < 1.29 is 27.2 Å². The molecule has 0 radical (unpaired) electrons. The van der Waals surface area contributed by atoms with Crippen LogP contribution in [-0.2, 0) is 25.5 Å². The SMILES string of the molecule is CS(=O)(=O)OCCCCc1ccc(OC2(C(=O)O)CCCC2)cc1. The highest BCUT2D eigenvalue weighted by Crippen LogP contribution is 2.34. The molecule has 0 amide bonds. The third kappa shape index (κ3) is 5.49. The van der Waals surface area contributed by atoms with Gasteiger partial charge in [-0.3, -0.25) is 4.18 Å². The van der Waals surface area contributed by atoms with Crippen molar-refractivity contribution in [3.8, 4) is 5.75 Å². The van der Waals surface area contributed by atoms with Crippen LogP contribution >= 0.6 is 0 Å². The van der Waals surface area contributed by atoms with Crippen LogP contribution < -0.4 is 4.74 Å². The van der Waals surface area contributed by atoms with Crippen molar-refractivity contribution in [2.75, 3.05) is 12.9 Å². The Kier molecular flexibility index (Phi) is 6.23. The van der Waals surface area contributed by atoms with E-state index in [-0.39, 0.29) is 6.61 Å². The summed E-state index contributed by atoms with van der Waals surface area (Å²) < 4.78 is 32.1. The minimum Gasteiger partial charge on any atom is -0.478 e. The smallest absolute Gasteiger partial charge is 0.348 e. The Labute approximate surface area is 142 Å². The molecule has 1 aliphatic rings. The first-order valence-electron chi connectivity index (χ1n) is 8.16. The summed E-state index contributed by atoms with van der Waals surface area (Å²) in [7, 11) is -3.36. The number of aliphatic carboxylic acids is 1. The molecule has 0 saturated heterocycles. The Morgan fingerprint density at radius 3 is 2.33 bits per heavy atom. The molecule has 0 unspecified atom stereocenters. The Bertz CT molecular complexity index is 644. The average Bonchev–Trinajstić information content (AvgIpc) is 2.97. The largest absolute Gasteiger partial charge is 0.478 e. The molecular weight excluding hydrogens is 332 g/mol. The lowest BCUT2D eigenvalue weighted by Gasteiger charge is -2.25. The van der Waals surface area contributed by atoms with Crippen molar-refractivity contribution in [2.24, 2.45) is 0 Å². The highest BCUT2D eigenvalue weighted by molar-refractivity contribution is 7.85. The minimum atomic E-state index is -3.36. The number of unbranched alkanes of at least 4 members (excludes halogenated alkanes) is 1. The van der Waals surface area contributed by atoms with Crippen LogP contribution in [0.5, 0.6) is 5.75 Å². The van der Waals surface area contributed by atoms with Crippen molar-refractivity contribution in [3.63, 3.8) is 0 Å². The van der Waals surface area contributed by atoms with Crippen LogP contribution in [0.25, 0.3) is 0 Å². The highest BCUT2D eigenvalue weighted by Gasteiger charge is 2.43. The van der Waals surface area contributed by atoms with Crippen molar-refractivity contribution in [1.82, 2.24) is 0 Å². The number of rotatable bonds is 9. The first-order valence-corrected chi connectivity index (χ1v) is 9.98. The van der Waals surface area contributed by atoms with Crippen molar-refractivity contribution in [3.05, 3.63) is 29.8 Å². The van der Waals surface area contributed by atoms with Crippen LogP contribution in [0.4, 0.5) is 0 Å². The summed E-state index contributed by atoms with van der Waals surface area (Å²) in [6, 6.07) is 7.42. The Hall–Kier alpha value is -1.60. The van der Waals surface area contributed by atoms with E-state index in [4.69, 9.17) is 8.92 Å². The van der Waals surface area contributed by atoms with Gasteiger partial charge in [-0.15, -0.1) is 0 Å². The summed E-state index contributed by atoms with van der Waals surface area (Å²) in [6.45, 7) is 0.196. The Morgan fingerprint density at radius 2 is 1.79 bits per heavy atom. The number of hydrogen-bond donors (Lipinski definition) is 1. The third-order valence-electron chi connectivity index (χ3n) is 4.19. The quantitative estimate of drug-likeness (QED) is 0.540. The lowest BCUT2D eigenvalue weighted by Crippen LogP contribution is -2.41. The molecule has 1 aromatic carbocycles. The van der Waals surface area contributed by atoms with E-state index < -0.39 is 21.7 Å². The molecule has 0 bridgehead atoms. The van der Waals surface area contributed by atoms with Gasteiger partial charge in [0, 0.05) is 0 Å². The van der Waals surface area contributed by atoms with E-state index in [0.717, 1.165) is 37.5 Å². The number of aryl methyl sites for hydroxylation is 1. The van der Waals surface area contributed by atoms with E-state index in [1.54, 1.807) is 12.1 Å². The van der Waals surface area contributed by atoms with Crippen molar-refractivity contribution >= 4 is 16.1 Å². The molecule has 1 aliphatic carbocycles. The zero-order valence-corrected chi connectivity index (χ0v) is 14.7. The maximum atomic E-state index is 11.5. The molecule has 24 heavy (non-hydrogen) atoms. The topological polar surface area (TPSA) is 89.9 Å². The Morgan fingerprint density at radius 1 is 1.17 bits per heavy atom. The molecular formula is C17H24O6S. The predicted molar refractivity (Wildman–Crippen MR) is 89.6 cm³/mol. The predicted octanol–water partition coefficient (Wildman–Crippen LogP) is 2.76. The zero-order valence-electron chi connectivity index (χ0n) is 13.9. The van der Waals surface area contributed by atoms with Crippen molar-refractivity contribution in [1.29, 1.82) is 0 Å². The summed E-state index contributed by atoms with van der Waals surface area (Å²) in [4.78, 5) is 11.5. The van der Waals surface area contributed by atoms with E-state index in [9.17, 15) is 18.3 Å². The molecule has 0 heterocycles. The first-order chi connectivity index (χ1) is 11.3. The third-order valence-corrected chi connectivity index (χ3v) is 4.79. The van der Waals surface area contributed by atoms with Crippen molar-refractivity contribution in [2.45, 2.75) is 50.5 Å². The van der Waals surface area contributed by atoms with Gasteiger partial charge in [0.1, 0.15) is 5.75 Å².